The van der Waals surface area contributed by atoms with Crippen LogP contribution < -0.4 is 21.3 Å². The molecule has 9 heteroatoms. The minimum atomic E-state index is -0.702. The van der Waals surface area contributed by atoms with Gasteiger partial charge < -0.3 is 16.4 Å². The molecule has 1 aliphatic heterocycles. The van der Waals surface area contributed by atoms with E-state index in [2.05, 4.69) is 10.6 Å². The number of fused-ring (bicyclic) bond motifs is 1. The molecule has 0 aromatic heterocycles. The van der Waals surface area contributed by atoms with Gasteiger partial charge in [-0.25, -0.2) is 4.39 Å². The molecule has 7 nitrogen and oxygen atoms in total. The summed E-state index contributed by atoms with van der Waals surface area (Å²) >= 11 is 6.05. The van der Waals surface area contributed by atoms with Gasteiger partial charge in [0.15, 0.2) is 0 Å². The van der Waals surface area contributed by atoms with Crippen LogP contribution in [-0.4, -0.2) is 30.8 Å². The summed E-state index contributed by atoms with van der Waals surface area (Å²) in [6.07, 6.45) is 4.26. The third kappa shape index (κ3) is 6.18. The maximum absolute atomic E-state index is 13.9. The van der Waals surface area contributed by atoms with Crippen LogP contribution in [0.5, 0.6) is 0 Å². The number of nitrogens with one attached hydrogen (secondary N) is 2. The van der Waals surface area contributed by atoms with Crippen molar-refractivity contribution in [2.24, 2.45) is 17.6 Å². The zero-order valence-corrected chi connectivity index (χ0v) is 22.8. The van der Waals surface area contributed by atoms with Gasteiger partial charge in [-0.2, -0.15) is 0 Å². The van der Waals surface area contributed by atoms with Gasteiger partial charge in [-0.15, -0.1) is 0 Å². The van der Waals surface area contributed by atoms with E-state index >= 15 is 0 Å². The Hall–Kier alpha value is -3.75. The number of hydrogen-bond acceptors (Lipinski definition) is 4. The standard InChI is InChI=1S/C31H32ClFN4O3/c32-24-9-4-22(5-10-24)31(40)37-27-13-8-23(30(39)35-18-20-3-1-2-19(14-20)17-34)15-26(27)36-29(38)16-28(37)21-6-11-25(33)12-7-21/h4-13,15,19-20,28H,1-3,14,16-18,34H2,(H,35,39)(H,36,38). The second-order valence-electron chi connectivity index (χ2n) is 10.6. The zero-order valence-electron chi connectivity index (χ0n) is 22.0. The number of nitrogens with two attached hydrogens (primary N) is 1. The summed E-state index contributed by atoms with van der Waals surface area (Å²) in [5.41, 5.74) is 8.01. The summed E-state index contributed by atoms with van der Waals surface area (Å²) in [6.45, 7) is 1.23. The van der Waals surface area contributed by atoms with E-state index < -0.39 is 11.9 Å². The topological polar surface area (TPSA) is 105 Å². The number of rotatable bonds is 6. The van der Waals surface area contributed by atoms with Gasteiger partial charge in [0.2, 0.25) is 5.91 Å². The Morgan fingerprint density at radius 1 is 1.00 bits per heavy atom. The van der Waals surface area contributed by atoms with Crippen molar-refractivity contribution in [3.8, 4) is 0 Å². The minimum Gasteiger partial charge on any atom is -0.352 e. The van der Waals surface area contributed by atoms with Gasteiger partial charge in [0, 0.05) is 22.7 Å². The van der Waals surface area contributed by atoms with E-state index in [1.165, 1.54) is 17.0 Å². The normalized spacial score (nSPS) is 20.7. The van der Waals surface area contributed by atoms with Crippen LogP contribution in [-0.2, 0) is 4.79 Å². The first kappa shape index (κ1) is 27.8. The van der Waals surface area contributed by atoms with Gasteiger partial charge in [0.25, 0.3) is 11.8 Å². The molecule has 3 atom stereocenters. The summed E-state index contributed by atoms with van der Waals surface area (Å²) in [6, 6.07) is 16.5. The Bertz CT molecular complexity index is 1400. The summed E-state index contributed by atoms with van der Waals surface area (Å²) in [5, 5.41) is 6.39. The number of carbonyl (C=O) groups is 3. The van der Waals surface area contributed by atoms with Gasteiger partial charge >= 0.3 is 0 Å². The van der Waals surface area contributed by atoms with Crippen LogP contribution in [0.3, 0.4) is 0 Å². The molecular formula is C31H32ClFN4O3. The number of nitrogens with zero attached hydrogens (tertiary/aromatic N) is 1. The van der Waals surface area contributed by atoms with E-state index in [-0.39, 0.29) is 24.1 Å². The summed E-state index contributed by atoms with van der Waals surface area (Å²) in [4.78, 5) is 41.6. The molecule has 3 aromatic rings. The van der Waals surface area contributed by atoms with E-state index in [1.54, 1.807) is 54.6 Å². The van der Waals surface area contributed by atoms with Crippen LogP contribution in [0.15, 0.2) is 66.7 Å². The molecule has 1 heterocycles. The fraction of sp³-hybridized carbons (Fsp3) is 0.323. The maximum Gasteiger partial charge on any atom is 0.258 e. The second kappa shape index (κ2) is 12.2. The SMILES string of the molecule is NCC1CCCC(CNC(=O)c2ccc3c(c2)NC(=O)CC(c2ccc(F)cc2)N3C(=O)c2ccc(Cl)cc2)C1. The molecule has 0 bridgehead atoms. The van der Waals surface area contributed by atoms with E-state index in [4.69, 9.17) is 17.3 Å². The number of benzene rings is 3. The van der Waals surface area contributed by atoms with Crippen LogP contribution in [0.2, 0.25) is 5.02 Å². The fourth-order valence-corrected chi connectivity index (χ4v) is 5.82. The lowest BCUT2D eigenvalue weighted by molar-refractivity contribution is -0.116. The highest BCUT2D eigenvalue weighted by molar-refractivity contribution is 6.30. The third-order valence-corrected chi connectivity index (χ3v) is 8.08. The number of amides is 3. The van der Waals surface area contributed by atoms with E-state index in [0.717, 1.165) is 25.7 Å². The molecule has 3 aromatic carbocycles. The number of anilines is 2. The van der Waals surface area contributed by atoms with Crippen molar-refractivity contribution in [1.29, 1.82) is 0 Å². The lowest BCUT2D eigenvalue weighted by Crippen LogP contribution is -2.35. The van der Waals surface area contributed by atoms with Crippen molar-refractivity contribution in [3.63, 3.8) is 0 Å². The monoisotopic (exact) mass is 562 g/mol. The first-order valence-electron chi connectivity index (χ1n) is 13.6. The fourth-order valence-electron chi connectivity index (χ4n) is 5.70. The smallest absolute Gasteiger partial charge is 0.258 e. The molecule has 2 aliphatic rings. The summed E-state index contributed by atoms with van der Waals surface area (Å²) < 4.78 is 13.7. The van der Waals surface area contributed by atoms with Crippen molar-refractivity contribution >= 4 is 40.7 Å². The van der Waals surface area contributed by atoms with Crippen LogP contribution >= 0.6 is 11.6 Å². The first-order valence-corrected chi connectivity index (χ1v) is 14.0. The molecule has 0 radical (unpaired) electrons. The molecule has 0 spiro atoms. The average molecular weight is 563 g/mol. The molecule has 3 amide bonds. The van der Waals surface area contributed by atoms with Crippen molar-refractivity contribution in [2.45, 2.75) is 38.1 Å². The van der Waals surface area contributed by atoms with E-state index in [9.17, 15) is 18.8 Å². The highest BCUT2D eigenvalue weighted by atomic mass is 35.5. The van der Waals surface area contributed by atoms with Crippen molar-refractivity contribution in [2.75, 3.05) is 23.3 Å². The predicted octanol–water partition coefficient (Wildman–Crippen LogP) is 5.70. The average Bonchev–Trinajstić information content (AvgIpc) is 3.11. The quantitative estimate of drug-likeness (QED) is 0.358. The van der Waals surface area contributed by atoms with Crippen LogP contribution in [0.1, 0.15) is 64.4 Å². The number of carbonyl (C=O) groups excluding carboxylic acids is 3. The molecule has 4 N–H and O–H groups in total. The molecule has 5 rings (SSSR count). The molecule has 1 fully saturated rings. The lowest BCUT2D eigenvalue weighted by atomic mass is 9.81. The van der Waals surface area contributed by atoms with Gasteiger partial charge in [-0.05, 0) is 97.8 Å². The zero-order chi connectivity index (χ0) is 28.2. The summed E-state index contributed by atoms with van der Waals surface area (Å²) in [7, 11) is 0. The Kier molecular flexibility index (Phi) is 8.47. The molecule has 1 saturated carbocycles. The Labute approximate surface area is 237 Å². The molecule has 208 valence electrons. The van der Waals surface area contributed by atoms with Gasteiger partial charge in [0.05, 0.1) is 23.8 Å². The lowest BCUT2D eigenvalue weighted by Gasteiger charge is -2.31. The van der Waals surface area contributed by atoms with Crippen molar-refractivity contribution < 1.29 is 18.8 Å². The molecule has 1 aliphatic carbocycles. The largest absolute Gasteiger partial charge is 0.352 e. The van der Waals surface area contributed by atoms with Crippen LogP contribution in [0, 0.1) is 17.7 Å². The van der Waals surface area contributed by atoms with Crippen molar-refractivity contribution in [3.05, 3.63) is 94.3 Å². The third-order valence-electron chi connectivity index (χ3n) is 7.82. The maximum atomic E-state index is 13.9. The van der Waals surface area contributed by atoms with Gasteiger partial charge in [-0.1, -0.05) is 30.2 Å². The summed E-state index contributed by atoms with van der Waals surface area (Å²) in [5.74, 6) is -0.461. The molecule has 3 unspecified atom stereocenters. The van der Waals surface area contributed by atoms with Crippen LogP contribution in [0.25, 0.3) is 0 Å². The second-order valence-corrected chi connectivity index (χ2v) is 11.0. The Balaban J connectivity index is 1.46. The van der Waals surface area contributed by atoms with Gasteiger partial charge in [-0.3, -0.25) is 19.3 Å². The molecule has 0 saturated heterocycles. The number of hydrogen-bond donors (Lipinski definition) is 3. The Morgan fingerprint density at radius 2 is 1.70 bits per heavy atom. The number of halogens is 2. The first-order chi connectivity index (χ1) is 19.3. The Morgan fingerprint density at radius 3 is 2.42 bits per heavy atom. The predicted molar refractivity (Wildman–Crippen MR) is 154 cm³/mol. The molecular weight excluding hydrogens is 531 g/mol. The highest BCUT2D eigenvalue weighted by Gasteiger charge is 2.34. The van der Waals surface area contributed by atoms with Crippen molar-refractivity contribution in [1.82, 2.24) is 5.32 Å². The minimum absolute atomic E-state index is 0.0504. The van der Waals surface area contributed by atoms with E-state index in [1.807, 2.05) is 0 Å². The van der Waals surface area contributed by atoms with E-state index in [0.29, 0.717) is 58.0 Å². The molecule has 40 heavy (non-hydrogen) atoms. The van der Waals surface area contributed by atoms with Gasteiger partial charge in [0.1, 0.15) is 5.82 Å². The highest BCUT2D eigenvalue weighted by Crippen LogP contribution is 2.40. The van der Waals surface area contributed by atoms with Crippen LogP contribution in [0.4, 0.5) is 15.8 Å².